The van der Waals surface area contributed by atoms with Gasteiger partial charge in [-0.2, -0.15) is 0 Å². The SMILES string of the molecule is Cc1cc(C(=O)CC2CCCC2)sc1Br. The average Bonchev–Trinajstić information content (AvgIpc) is 2.78. The van der Waals surface area contributed by atoms with E-state index in [-0.39, 0.29) is 0 Å². The summed E-state index contributed by atoms with van der Waals surface area (Å²) in [5, 5.41) is 0. The smallest absolute Gasteiger partial charge is 0.173 e. The fourth-order valence-electron chi connectivity index (χ4n) is 2.17. The lowest BCUT2D eigenvalue weighted by molar-refractivity contribution is 0.0966. The Hall–Kier alpha value is -0.150. The summed E-state index contributed by atoms with van der Waals surface area (Å²) >= 11 is 5.04. The lowest BCUT2D eigenvalue weighted by atomic mass is 10.0. The molecular weight excluding hydrogens is 272 g/mol. The molecule has 1 saturated carbocycles. The van der Waals surface area contributed by atoms with Crippen molar-refractivity contribution in [3.05, 3.63) is 20.3 Å². The van der Waals surface area contributed by atoms with Crippen LogP contribution in [0, 0.1) is 12.8 Å². The van der Waals surface area contributed by atoms with E-state index < -0.39 is 0 Å². The van der Waals surface area contributed by atoms with E-state index >= 15 is 0 Å². The van der Waals surface area contributed by atoms with Gasteiger partial charge < -0.3 is 0 Å². The van der Waals surface area contributed by atoms with Gasteiger partial charge >= 0.3 is 0 Å². The highest BCUT2D eigenvalue weighted by Crippen LogP contribution is 2.32. The van der Waals surface area contributed by atoms with Gasteiger partial charge in [0.2, 0.25) is 0 Å². The molecular formula is C12H15BrOS. The van der Waals surface area contributed by atoms with Crippen LogP contribution in [0.4, 0.5) is 0 Å². The van der Waals surface area contributed by atoms with Gasteiger partial charge in [0.05, 0.1) is 8.66 Å². The van der Waals surface area contributed by atoms with Crippen molar-refractivity contribution in [2.24, 2.45) is 5.92 Å². The number of carbonyl (C=O) groups is 1. The molecule has 0 spiro atoms. The molecule has 0 saturated heterocycles. The van der Waals surface area contributed by atoms with Gasteiger partial charge in [-0.3, -0.25) is 4.79 Å². The normalized spacial score (nSPS) is 17.2. The van der Waals surface area contributed by atoms with Crippen LogP contribution in [0.25, 0.3) is 0 Å². The van der Waals surface area contributed by atoms with Crippen LogP contribution < -0.4 is 0 Å². The molecule has 0 aromatic carbocycles. The van der Waals surface area contributed by atoms with Crippen LogP contribution in [-0.4, -0.2) is 5.78 Å². The third-order valence-corrected chi connectivity index (χ3v) is 5.26. The molecule has 15 heavy (non-hydrogen) atoms. The second-order valence-corrected chi connectivity index (χ2v) is 6.72. The van der Waals surface area contributed by atoms with Crippen LogP contribution in [0.1, 0.15) is 47.3 Å². The number of halogens is 1. The molecule has 1 heterocycles. The van der Waals surface area contributed by atoms with Crippen molar-refractivity contribution < 1.29 is 4.79 Å². The number of hydrogen-bond acceptors (Lipinski definition) is 2. The van der Waals surface area contributed by atoms with E-state index in [1.165, 1.54) is 31.2 Å². The molecule has 2 rings (SSSR count). The molecule has 1 aromatic heterocycles. The highest BCUT2D eigenvalue weighted by Gasteiger charge is 2.20. The number of thiophene rings is 1. The van der Waals surface area contributed by atoms with Crippen LogP contribution in [0.3, 0.4) is 0 Å². The van der Waals surface area contributed by atoms with E-state index in [9.17, 15) is 4.79 Å². The summed E-state index contributed by atoms with van der Waals surface area (Å²) in [6.45, 7) is 2.03. The van der Waals surface area contributed by atoms with Crippen LogP contribution in [0.15, 0.2) is 9.85 Å². The molecule has 0 N–H and O–H groups in total. The lowest BCUT2D eigenvalue weighted by Crippen LogP contribution is -2.03. The van der Waals surface area contributed by atoms with Crippen LogP contribution in [-0.2, 0) is 0 Å². The minimum atomic E-state index is 0.334. The minimum absolute atomic E-state index is 0.334. The summed E-state index contributed by atoms with van der Waals surface area (Å²) < 4.78 is 1.09. The number of Topliss-reactive ketones (excluding diaryl/α,β-unsaturated/α-hetero) is 1. The zero-order valence-electron chi connectivity index (χ0n) is 8.88. The van der Waals surface area contributed by atoms with Crippen molar-refractivity contribution in [1.29, 1.82) is 0 Å². The highest BCUT2D eigenvalue weighted by atomic mass is 79.9. The molecule has 1 aliphatic rings. The van der Waals surface area contributed by atoms with Gasteiger partial charge in [-0.1, -0.05) is 25.7 Å². The maximum absolute atomic E-state index is 12.0. The third-order valence-electron chi connectivity index (χ3n) is 3.08. The van der Waals surface area contributed by atoms with E-state index in [4.69, 9.17) is 0 Å². The monoisotopic (exact) mass is 286 g/mol. The molecule has 0 unspecified atom stereocenters. The van der Waals surface area contributed by atoms with Crippen molar-refractivity contribution >= 4 is 33.0 Å². The Morgan fingerprint density at radius 3 is 2.73 bits per heavy atom. The minimum Gasteiger partial charge on any atom is -0.293 e. The molecule has 0 bridgehead atoms. The number of hydrogen-bond donors (Lipinski definition) is 0. The molecule has 0 amide bonds. The number of rotatable bonds is 3. The standard InChI is InChI=1S/C12H15BrOS/c1-8-6-11(15-12(8)13)10(14)7-9-4-2-3-5-9/h6,9H,2-5,7H2,1H3. The largest absolute Gasteiger partial charge is 0.293 e. The van der Waals surface area contributed by atoms with Crippen molar-refractivity contribution in [2.45, 2.75) is 39.0 Å². The fourth-order valence-corrected chi connectivity index (χ4v) is 3.66. The zero-order chi connectivity index (χ0) is 10.8. The van der Waals surface area contributed by atoms with Gasteiger partial charge in [-0.25, -0.2) is 0 Å². The van der Waals surface area contributed by atoms with Gasteiger partial charge in [-0.05, 0) is 40.4 Å². The Morgan fingerprint density at radius 2 is 2.20 bits per heavy atom. The molecule has 3 heteroatoms. The second-order valence-electron chi connectivity index (χ2n) is 4.35. The van der Waals surface area contributed by atoms with E-state index in [0.717, 1.165) is 15.1 Å². The van der Waals surface area contributed by atoms with E-state index in [2.05, 4.69) is 15.9 Å². The summed E-state index contributed by atoms with van der Waals surface area (Å²) in [6, 6.07) is 2.01. The molecule has 0 atom stereocenters. The maximum Gasteiger partial charge on any atom is 0.173 e. The predicted molar refractivity (Wildman–Crippen MR) is 67.7 cm³/mol. The number of aryl methyl sites for hydroxylation is 1. The maximum atomic E-state index is 12.0. The number of carbonyl (C=O) groups excluding carboxylic acids is 1. The van der Waals surface area contributed by atoms with Crippen molar-refractivity contribution in [2.75, 3.05) is 0 Å². The van der Waals surface area contributed by atoms with Crippen LogP contribution in [0.5, 0.6) is 0 Å². The van der Waals surface area contributed by atoms with Crippen molar-refractivity contribution in [3.8, 4) is 0 Å². The van der Waals surface area contributed by atoms with Crippen molar-refractivity contribution in [3.63, 3.8) is 0 Å². The topological polar surface area (TPSA) is 17.1 Å². The van der Waals surface area contributed by atoms with Gasteiger partial charge in [-0.15, -0.1) is 11.3 Å². The first-order valence-corrected chi connectivity index (χ1v) is 7.07. The predicted octanol–water partition coefficient (Wildman–Crippen LogP) is 4.58. The average molecular weight is 287 g/mol. The van der Waals surface area contributed by atoms with Gasteiger partial charge in [0.15, 0.2) is 5.78 Å². The quantitative estimate of drug-likeness (QED) is 0.743. The molecule has 1 nitrogen and oxygen atoms in total. The first kappa shape index (κ1) is 11.3. The Labute approximate surface area is 103 Å². The molecule has 1 aliphatic carbocycles. The van der Waals surface area contributed by atoms with Gasteiger partial charge in [0, 0.05) is 6.42 Å². The summed E-state index contributed by atoms with van der Waals surface area (Å²) in [4.78, 5) is 12.9. The third kappa shape index (κ3) is 2.70. The molecule has 82 valence electrons. The molecule has 1 aromatic rings. The zero-order valence-corrected chi connectivity index (χ0v) is 11.3. The Kier molecular flexibility index (Phi) is 3.62. The first-order chi connectivity index (χ1) is 7.16. The Bertz CT molecular complexity index is 344. The molecule has 1 fully saturated rings. The van der Waals surface area contributed by atoms with Gasteiger partial charge in [0.1, 0.15) is 0 Å². The Morgan fingerprint density at radius 1 is 1.53 bits per heavy atom. The van der Waals surface area contributed by atoms with E-state index in [1.54, 1.807) is 11.3 Å². The Balaban J connectivity index is 2.00. The second kappa shape index (κ2) is 4.79. The van der Waals surface area contributed by atoms with E-state index in [0.29, 0.717) is 11.7 Å². The summed E-state index contributed by atoms with van der Waals surface area (Å²) in [7, 11) is 0. The summed E-state index contributed by atoms with van der Waals surface area (Å²) in [5.74, 6) is 0.986. The van der Waals surface area contributed by atoms with Crippen LogP contribution >= 0.6 is 27.3 Å². The molecule has 0 aliphatic heterocycles. The van der Waals surface area contributed by atoms with E-state index in [1.807, 2.05) is 13.0 Å². The van der Waals surface area contributed by atoms with Crippen LogP contribution in [0.2, 0.25) is 0 Å². The number of ketones is 1. The fraction of sp³-hybridized carbons (Fsp3) is 0.583. The molecule has 0 radical (unpaired) electrons. The highest BCUT2D eigenvalue weighted by molar-refractivity contribution is 9.11. The summed E-state index contributed by atoms with van der Waals surface area (Å²) in [6.07, 6.45) is 5.87. The van der Waals surface area contributed by atoms with Crippen molar-refractivity contribution in [1.82, 2.24) is 0 Å². The van der Waals surface area contributed by atoms with Gasteiger partial charge in [0.25, 0.3) is 0 Å². The summed E-state index contributed by atoms with van der Waals surface area (Å²) in [5.41, 5.74) is 1.18. The lowest BCUT2D eigenvalue weighted by Gasteiger charge is -2.05. The first-order valence-electron chi connectivity index (χ1n) is 5.46.